The van der Waals surface area contributed by atoms with Gasteiger partial charge in [0.25, 0.3) is 0 Å². The molecule has 3 aromatic rings. The van der Waals surface area contributed by atoms with Gasteiger partial charge in [-0.05, 0) is 30.2 Å². The average Bonchev–Trinajstić information content (AvgIpc) is 2.97. The van der Waals surface area contributed by atoms with Gasteiger partial charge in [0.1, 0.15) is 17.0 Å². The van der Waals surface area contributed by atoms with Gasteiger partial charge in [-0.25, -0.2) is 9.97 Å². The van der Waals surface area contributed by atoms with Crippen LogP contribution in [0.15, 0.2) is 36.7 Å². The van der Waals surface area contributed by atoms with Crippen LogP contribution in [0.4, 0.5) is 5.82 Å². The Balaban J connectivity index is 1.76. The summed E-state index contributed by atoms with van der Waals surface area (Å²) < 4.78 is 0. The number of aliphatic hydroxyl groups excluding tert-OH is 1. The van der Waals surface area contributed by atoms with E-state index >= 15 is 0 Å². The second-order valence-electron chi connectivity index (χ2n) is 4.96. The number of benzene rings is 1. The van der Waals surface area contributed by atoms with Gasteiger partial charge < -0.3 is 10.4 Å². The highest BCUT2D eigenvalue weighted by Gasteiger charge is 2.11. The first-order valence-corrected chi connectivity index (χ1v) is 8.27. The first kappa shape index (κ1) is 15.2. The molecule has 0 saturated heterocycles. The molecular weight excluding hydrogens is 318 g/mol. The maximum atomic E-state index is 10.2. The predicted molar refractivity (Wildman–Crippen MR) is 91.7 cm³/mol. The van der Waals surface area contributed by atoms with Crippen LogP contribution in [0.1, 0.15) is 23.5 Å². The Bertz CT molecular complexity index is 773. The molecule has 4 nitrogen and oxygen atoms in total. The molecule has 0 aliphatic rings. The van der Waals surface area contributed by atoms with E-state index in [1.165, 1.54) is 4.88 Å². The molecule has 114 valence electrons. The molecule has 1 aromatic carbocycles. The van der Waals surface area contributed by atoms with E-state index in [4.69, 9.17) is 11.6 Å². The third-order valence-electron chi connectivity index (χ3n) is 3.45. The van der Waals surface area contributed by atoms with Crippen molar-refractivity contribution in [3.05, 3.63) is 52.1 Å². The topological polar surface area (TPSA) is 58.0 Å². The first-order valence-electron chi connectivity index (χ1n) is 7.08. The van der Waals surface area contributed by atoms with Crippen molar-refractivity contribution in [3.63, 3.8) is 0 Å². The Morgan fingerprint density at radius 1 is 1.27 bits per heavy atom. The zero-order valence-corrected chi connectivity index (χ0v) is 13.7. The number of anilines is 1. The minimum Gasteiger partial charge on any atom is -0.387 e. The zero-order valence-electron chi connectivity index (χ0n) is 12.1. The van der Waals surface area contributed by atoms with Crippen LogP contribution in [0.5, 0.6) is 0 Å². The molecule has 1 atom stereocenters. The molecule has 1 unspecified atom stereocenters. The smallest absolute Gasteiger partial charge is 0.138 e. The van der Waals surface area contributed by atoms with Crippen LogP contribution in [0.3, 0.4) is 0 Å². The fourth-order valence-electron chi connectivity index (χ4n) is 2.22. The van der Waals surface area contributed by atoms with E-state index < -0.39 is 6.10 Å². The van der Waals surface area contributed by atoms with E-state index in [0.717, 1.165) is 28.0 Å². The van der Waals surface area contributed by atoms with Crippen molar-refractivity contribution in [2.45, 2.75) is 19.4 Å². The van der Waals surface area contributed by atoms with Crippen LogP contribution < -0.4 is 5.32 Å². The molecule has 0 fully saturated rings. The number of thiophene rings is 1. The lowest BCUT2D eigenvalue weighted by molar-refractivity contribution is 0.191. The van der Waals surface area contributed by atoms with Gasteiger partial charge >= 0.3 is 0 Å². The number of nitrogens with one attached hydrogen (secondary N) is 1. The summed E-state index contributed by atoms with van der Waals surface area (Å²) in [4.78, 5) is 10.8. The number of aliphatic hydroxyl groups is 1. The summed E-state index contributed by atoms with van der Waals surface area (Å²) in [5.41, 5.74) is 0.821. The van der Waals surface area contributed by atoms with Gasteiger partial charge in [-0.2, -0.15) is 0 Å². The lowest BCUT2D eigenvalue weighted by atomic mass is 10.1. The largest absolute Gasteiger partial charge is 0.387 e. The van der Waals surface area contributed by atoms with Gasteiger partial charge in [0, 0.05) is 16.4 Å². The van der Waals surface area contributed by atoms with Crippen molar-refractivity contribution < 1.29 is 5.11 Å². The van der Waals surface area contributed by atoms with Gasteiger partial charge in [-0.3, -0.25) is 0 Å². The van der Waals surface area contributed by atoms with Crippen LogP contribution in [0.25, 0.3) is 10.2 Å². The van der Waals surface area contributed by atoms with Crippen LogP contribution >= 0.6 is 22.9 Å². The number of nitrogens with zero attached hydrogens (tertiary/aromatic N) is 2. The highest BCUT2D eigenvalue weighted by molar-refractivity contribution is 7.18. The summed E-state index contributed by atoms with van der Waals surface area (Å²) in [6.07, 6.45) is 1.91. The van der Waals surface area contributed by atoms with Crippen molar-refractivity contribution in [3.8, 4) is 0 Å². The van der Waals surface area contributed by atoms with E-state index in [9.17, 15) is 5.11 Å². The Morgan fingerprint density at radius 2 is 2.05 bits per heavy atom. The molecule has 2 aromatic heterocycles. The van der Waals surface area contributed by atoms with E-state index in [-0.39, 0.29) is 0 Å². The summed E-state index contributed by atoms with van der Waals surface area (Å²) in [5, 5.41) is 15.1. The maximum absolute atomic E-state index is 10.2. The number of hydrogen-bond acceptors (Lipinski definition) is 5. The SMILES string of the molecule is CCc1cc2c(NCC(O)c3ccc(Cl)cc3)ncnc2s1. The van der Waals surface area contributed by atoms with Gasteiger partial charge in [0.15, 0.2) is 0 Å². The Kier molecular flexibility index (Phi) is 4.57. The summed E-state index contributed by atoms with van der Waals surface area (Å²) in [6.45, 7) is 2.50. The molecule has 0 bridgehead atoms. The highest BCUT2D eigenvalue weighted by Crippen LogP contribution is 2.28. The van der Waals surface area contributed by atoms with Gasteiger partial charge in [0.05, 0.1) is 11.5 Å². The first-order chi connectivity index (χ1) is 10.7. The summed E-state index contributed by atoms with van der Waals surface area (Å²) in [6, 6.07) is 9.30. The Labute approximate surface area is 137 Å². The number of rotatable bonds is 5. The lowest BCUT2D eigenvalue weighted by Crippen LogP contribution is -2.13. The number of halogens is 1. The molecule has 0 aliphatic carbocycles. The third kappa shape index (κ3) is 3.21. The van der Waals surface area contributed by atoms with Crippen LogP contribution in [-0.4, -0.2) is 21.6 Å². The number of hydrogen-bond donors (Lipinski definition) is 2. The van der Waals surface area contributed by atoms with E-state index in [0.29, 0.717) is 11.6 Å². The maximum Gasteiger partial charge on any atom is 0.138 e. The molecule has 0 aliphatic heterocycles. The van der Waals surface area contributed by atoms with E-state index in [1.54, 1.807) is 29.8 Å². The average molecular weight is 334 g/mol. The lowest BCUT2D eigenvalue weighted by Gasteiger charge is -2.13. The second kappa shape index (κ2) is 6.60. The van der Waals surface area contributed by atoms with Crippen molar-refractivity contribution >= 4 is 39.0 Å². The van der Waals surface area contributed by atoms with Crippen LogP contribution in [-0.2, 0) is 6.42 Å². The quantitative estimate of drug-likeness (QED) is 0.739. The summed E-state index contributed by atoms with van der Waals surface area (Å²) in [7, 11) is 0. The van der Waals surface area contributed by atoms with Crippen molar-refractivity contribution in [2.24, 2.45) is 0 Å². The molecule has 0 amide bonds. The molecule has 2 heterocycles. The second-order valence-corrected chi connectivity index (χ2v) is 6.51. The van der Waals surface area contributed by atoms with Gasteiger partial charge in [-0.15, -0.1) is 11.3 Å². The minimum atomic E-state index is -0.619. The van der Waals surface area contributed by atoms with E-state index in [2.05, 4.69) is 28.3 Å². The fourth-order valence-corrected chi connectivity index (χ4v) is 3.28. The monoisotopic (exact) mass is 333 g/mol. The highest BCUT2D eigenvalue weighted by atomic mass is 35.5. The van der Waals surface area contributed by atoms with Gasteiger partial charge in [-0.1, -0.05) is 30.7 Å². The number of fused-ring (bicyclic) bond motifs is 1. The third-order valence-corrected chi connectivity index (χ3v) is 4.89. The Morgan fingerprint density at radius 3 is 2.77 bits per heavy atom. The molecule has 22 heavy (non-hydrogen) atoms. The predicted octanol–water partition coefficient (Wildman–Crippen LogP) is 4.05. The molecule has 3 rings (SSSR count). The van der Waals surface area contributed by atoms with Gasteiger partial charge in [0.2, 0.25) is 0 Å². The summed E-state index contributed by atoms with van der Waals surface area (Å²) in [5.74, 6) is 0.758. The Hall–Kier alpha value is -1.69. The molecule has 6 heteroatoms. The van der Waals surface area contributed by atoms with E-state index in [1.807, 2.05) is 12.1 Å². The number of aryl methyl sites for hydroxylation is 1. The zero-order chi connectivity index (χ0) is 15.5. The minimum absolute atomic E-state index is 0.380. The molecule has 0 radical (unpaired) electrons. The van der Waals surface area contributed by atoms with Crippen molar-refractivity contribution in [2.75, 3.05) is 11.9 Å². The molecular formula is C16H16ClN3OS. The van der Waals surface area contributed by atoms with Crippen molar-refractivity contribution in [1.29, 1.82) is 0 Å². The fraction of sp³-hybridized carbons (Fsp3) is 0.250. The summed E-state index contributed by atoms with van der Waals surface area (Å²) >= 11 is 7.53. The molecule has 0 spiro atoms. The molecule has 0 saturated carbocycles. The number of aromatic nitrogens is 2. The van der Waals surface area contributed by atoms with Crippen LogP contribution in [0.2, 0.25) is 5.02 Å². The van der Waals surface area contributed by atoms with Crippen LogP contribution in [0, 0.1) is 0 Å². The molecule has 2 N–H and O–H groups in total. The van der Waals surface area contributed by atoms with Crippen molar-refractivity contribution in [1.82, 2.24) is 9.97 Å². The normalized spacial score (nSPS) is 12.5. The standard InChI is InChI=1S/C16H16ClN3OS/c1-2-12-7-13-15(19-9-20-16(13)22-12)18-8-14(21)10-3-5-11(17)6-4-10/h3-7,9,14,21H,2,8H2,1H3,(H,18,19,20).